The Hall–Kier alpha value is -3.85. The Balaban J connectivity index is 1.79. The van der Waals surface area contributed by atoms with Gasteiger partial charge in [-0.3, -0.25) is 0 Å². The molecular formula is C26H20N2O. The highest BCUT2D eigenvalue weighted by atomic mass is 16.3. The second-order valence-electron chi connectivity index (χ2n) is 7.14. The zero-order valence-corrected chi connectivity index (χ0v) is 16.1. The Morgan fingerprint density at radius 3 is 1.90 bits per heavy atom. The lowest BCUT2D eigenvalue weighted by atomic mass is 10.0. The Morgan fingerprint density at radius 1 is 0.690 bits per heavy atom. The van der Waals surface area contributed by atoms with Crippen LogP contribution in [0.1, 0.15) is 0 Å². The molecule has 3 heteroatoms. The number of fused-ring (bicyclic) bond motifs is 1. The summed E-state index contributed by atoms with van der Waals surface area (Å²) in [5.74, 6) is 0.974. The summed E-state index contributed by atoms with van der Waals surface area (Å²) in [7, 11) is 2.01. The first-order chi connectivity index (χ1) is 14.2. The van der Waals surface area contributed by atoms with Gasteiger partial charge in [-0.1, -0.05) is 84.9 Å². The number of hydrogen-bond donors (Lipinski definition) is 1. The molecule has 0 unspecified atom stereocenters. The van der Waals surface area contributed by atoms with Gasteiger partial charge in [-0.05, 0) is 22.9 Å². The number of rotatable bonds is 3. The van der Waals surface area contributed by atoms with Gasteiger partial charge in [-0.15, -0.1) is 0 Å². The number of imidazole rings is 1. The van der Waals surface area contributed by atoms with Crippen LogP contribution in [0.2, 0.25) is 0 Å². The molecule has 0 atom stereocenters. The minimum absolute atomic E-state index is 0.232. The maximum atomic E-state index is 10.8. The van der Waals surface area contributed by atoms with Crippen molar-refractivity contribution in [2.45, 2.75) is 0 Å². The van der Waals surface area contributed by atoms with Crippen molar-refractivity contribution in [3.05, 3.63) is 97.1 Å². The maximum absolute atomic E-state index is 10.8. The van der Waals surface area contributed by atoms with Gasteiger partial charge in [0.25, 0.3) is 0 Å². The van der Waals surface area contributed by atoms with E-state index in [4.69, 9.17) is 4.98 Å². The van der Waals surface area contributed by atoms with Gasteiger partial charge in [0, 0.05) is 18.2 Å². The van der Waals surface area contributed by atoms with Gasteiger partial charge in [0.15, 0.2) is 0 Å². The summed E-state index contributed by atoms with van der Waals surface area (Å²) in [5, 5.41) is 12.9. The largest absolute Gasteiger partial charge is 0.507 e. The summed E-state index contributed by atoms with van der Waals surface area (Å²) >= 11 is 0. The summed E-state index contributed by atoms with van der Waals surface area (Å²) in [6, 6.07) is 32.3. The fourth-order valence-corrected chi connectivity index (χ4v) is 3.87. The monoisotopic (exact) mass is 376 g/mol. The number of aromatic nitrogens is 2. The van der Waals surface area contributed by atoms with E-state index in [0.717, 1.165) is 44.7 Å². The highest BCUT2D eigenvalue weighted by Gasteiger charge is 2.20. The molecule has 1 aromatic heterocycles. The van der Waals surface area contributed by atoms with Crippen LogP contribution in [0.5, 0.6) is 5.75 Å². The summed E-state index contributed by atoms with van der Waals surface area (Å²) in [4.78, 5) is 5.00. The van der Waals surface area contributed by atoms with Crippen LogP contribution in [0, 0.1) is 0 Å². The lowest BCUT2D eigenvalue weighted by molar-refractivity contribution is 0.477. The molecule has 5 aromatic rings. The van der Waals surface area contributed by atoms with E-state index in [0.29, 0.717) is 0 Å². The quantitative estimate of drug-likeness (QED) is 0.402. The molecule has 0 spiro atoms. The third-order valence-electron chi connectivity index (χ3n) is 5.29. The highest BCUT2D eigenvalue weighted by molar-refractivity contribution is 5.91. The average molecular weight is 376 g/mol. The van der Waals surface area contributed by atoms with E-state index in [-0.39, 0.29) is 5.75 Å². The van der Waals surface area contributed by atoms with E-state index < -0.39 is 0 Å². The standard InChI is InChI=1S/C26H20N2O/c1-28-25(19-12-6-3-7-13-19)24(18-10-4-2-5-11-18)27-26(28)22-16-20-14-8-9-15-21(20)17-23(22)29/h2-17,29H,1H3. The van der Waals surface area contributed by atoms with Crippen molar-refractivity contribution in [2.75, 3.05) is 0 Å². The van der Waals surface area contributed by atoms with Crippen LogP contribution in [-0.2, 0) is 7.05 Å². The van der Waals surface area contributed by atoms with Crippen LogP contribution in [0.3, 0.4) is 0 Å². The number of hydrogen-bond acceptors (Lipinski definition) is 2. The van der Waals surface area contributed by atoms with Crippen LogP contribution >= 0.6 is 0 Å². The molecule has 0 saturated heterocycles. The molecule has 4 aromatic carbocycles. The van der Waals surface area contributed by atoms with Crippen molar-refractivity contribution in [2.24, 2.45) is 7.05 Å². The lowest BCUT2D eigenvalue weighted by Crippen LogP contribution is -1.96. The van der Waals surface area contributed by atoms with Crippen molar-refractivity contribution in [3.63, 3.8) is 0 Å². The first-order valence-corrected chi connectivity index (χ1v) is 9.62. The van der Waals surface area contributed by atoms with Crippen molar-refractivity contribution in [1.29, 1.82) is 0 Å². The van der Waals surface area contributed by atoms with E-state index in [1.807, 2.05) is 73.8 Å². The smallest absolute Gasteiger partial charge is 0.144 e. The van der Waals surface area contributed by atoms with Gasteiger partial charge in [-0.25, -0.2) is 4.98 Å². The van der Waals surface area contributed by atoms with Crippen molar-refractivity contribution >= 4 is 10.8 Å². The second-order valence-corrected chi connectivity index (χ2v) is 7.14. The zero-order chi connectivity index (χ0) is 19.8. The molecule has 0 amide bonds. The van der Waals surface area contributed by atoms with Gasteiger partial charge >= 0.3 is 0 Å². The number of nitrogens with zero attached hydrogens (tertiary/aromatic N) is 2. The van der Waals surface area contributed by atoms with E-state index >= 15 is 0 Å². The molecule has 0 bridgehead atoms. The summed E-state index contributed by atoms with van der Waals surface area (Å²) in [6.07, 6.45) is 0. The molecule has 0 aliphatic rings. The molecule has 140 valence electrons. The van der Waals surface area contributed by atoms with Crippen molar-refractivity contribution in [3.8, 4) is 39.7 Å². The summed E-state index contributed by atoms with van der Waals surface area (Å²) < 4.78 is 2.07. The molecule has 0 saturated carbocycles. The fraction of sp³-hybridized carbons (Fsp3) is 0.0385. The summed E-state index contributed by atoms with van der Waals surface area (Å²) in [5.41, 5.74) is 4.80. The lowest BCUT2D eigenvalue weighted by Gasteiger charge is -2.10. The molecule has 0 fully saturated rings. The maximum Gasteiger partial charge on any atom is 0.144 e. The molecule has 3 nitrogen and oxygen atoms in total. The Bertz CT molecular complexity index is 1310. The molecule has 29 heavy (non-hydrogen) atoms. The van der Waals surface area contributed by atoms with Crippen LogP contribution in [0.25, 0.3) is 44.7 Å². The fourth-order valence-electron chi connectivity index (χ4n) is 3.87. The predicted molar refractivity (Wildman–Crippen MR) is 119 cm³/mol. The number of phenols is 1. The van der Waals surface area contributed by atoms with Crippen LogP contribution in [-0.4, -0.2) is 14.7 Å². The highest BCUT2D eigenvalue weighted by Crippen LogP contribution is 2.39. The molecule has 0 aliphatic heterocycles. The van der Waals surface area contributed by atoms with E-state index in [9.17, 15) is 5.11 Å². The molecule has 1 heterocycles. The topological polar surface area (TPSA) is 38.0 Å². The minimum atomic E-state index is 0.232. The van der Waals surface area contributed by atoms with E-state index in [2.05, 4.69) is 34.9 Å². The minimum Gasteiger partial charge on any atom is -0.507 e. The second kappa shape index (κ2) is 6.95. The van der Waals surface area contributed by atoms with Crippen LogP contribution in [0.4, 0.5) is 0 Å². The molecule has 5 rings (SSSR count). The van der Waals surface area contributed by atoms with Crippen molar-refractivity contribution in [1.82, 2.24) is 9.55 Å². The Kier molecular flexibility index (Phi) is 4.14. The van der Waals surface area contributed by atoms with Gasteiger partial charge in [-0.2, -0.15) is 0 Å². The predicted octanol–water partition coefficient (Wildman–Crippen LogP) is 6.28. The third-order valence-corrected chi connectivity index (χ3v) is 5.29. The van der Waals surface area contributed by atoms with E-state index in [1.54, 1.807) is 0 Å². The zero-order valence-electron chi connectivity index (χ0n) is 16.1. The van der Waals surface area contributed by atoms with Crippen LogP contribution in [0.15, 0.2) is 97.1 Å². The number of benzene rings is 4. The number of phenolic OH excluding ortho intramolecular Hbond substituents is 1. The van der Waals surface area contributed by atoms with Gasteiger partial charge in [0.1, 0.15) is 11.6 Å². The van der Waals surface area contributed by atoms with Gasteiger partial charge in [0.2, 0.25) is 0 Å². The first-order valence-electron chi connectivity index (χ1n) is 9.62. The molecule has 1 N–H and O–H groups in total. The number of aromatic hydroxyl groups is 1. The van der Waals surface area contributed by atoms with Crippen LogP contribution < -0.4 is 0 Å². The molecule has 0 radical (unpaired) electrons. The average Bonchev–Trinajstić information content (AvgIpc) is 3.11. The first kappa shape index (κ1) is 17.3. The normalized spacial score (nSPS) is 11.1. The van der Waals surface area contributed by atoms with Crippen molar-refractivity contribution < 1.29 is 5.11 Å². The SMILES string of the molecule is Cn1c(-c2cc3ccccc3cc2O)nc(-c2ccccc2)c1-c1ccccc1. The van der Waals surface area contributed by atoms with E-state index in [1.165, 1.54) is 0 Å². The third kappa shape index (κ3) is 2.97. The van der Waals surface area contributed by atoms with Gasteiger partial charge < -0.3 is 9.67 Å². The summed E-state index contributed by atoms with van der Waals surface area (Å²) in [6.45, 7) is 0. The molecule has 0 aliphatic carbocycles. The Morgan fingerprint density at radius 2 is 1.24 bits per heavy atom. The molecular weight excluding hydrogens is 356 g/mol. The Labute approximate surface area is 169 Å². The van der Waals surface area contributed by atoms with Gasteiger partial charge in [0.05, 0.1) is 17.0 Å².